The zero-order valence-corrected chi connectivity index (χ0v) is 31.2. The van der Waals surface area contributed by atoms with Crippen LogP contribution in [0.1, 0.15) is 68.0 Å². The number of hydrogen-bond donors (Lipinski definition) is 1. The molecule has 276 valence electrons. The molecule has 11 nitrogen and oxygen atoms in total. The standard InChI is InChI=1S/C34H39N5O4.C5H11N.C2H3N/c1-4-24-7-5-8-25-19-26(40)20-27(32(24)25)30-21-29-28(22-43-30)33(36-34(35-29)42-3)39-17-15-38(16-18-39)31(41)9-6-12-37-13-10-23(2)11-14-37;1-6-4-2-3-5-6;1-2-3/h1,5-9,19-20,23,30,40H,10-18,21-22H2,2-3H3;2-5H2,1H3;1H3/b9-6+;;. The lowest BCUT2D eigenvalue weighted by Gasteiger charge is -2.37. The minimum Gasteiger partial charge on any atom is -0.508 e. The van der Waals surface area contributed by atoms with E-state index in [1.54, 1.807) is 31.4 Å². The number of piperidine rings is 1. The van der Waals surface area contributed by atoms with E-state index >= 15 is 0 Å². The van der Waals surface area contributed by atoms with Crippen molar-refractivity contribution < 1.29 is 19.4 Å². The molecule has 0 saturated carbocycles. The molecule has 7 rings (SSSR count). The molecule has 3 saturated heterocycles. The fourth-order valence-electron chi connectivity index (χ4n) is 7.27. The number of nitrogens with zero attached hydrogens (tertiary/aromatic N) is 7. The molecule has 4 aliphatic rings. The quantitative estimate of drug-likeness (QED) is 0.267. The van der Waals surface area contributed by atoms with Gasteiger partial charge in [-0.2, -0.15) is 15.2 Å². The molecule has 52 heavy (non-hydrogen) atoms. The summed E-state index contributed by atoms with van der Waals surface area (Å²) in [6, 6.07) is 11.2. The Bertz CT molecular complexity index is 1780. The van der Waals surface area contributed by atoms with E-state index in [-0.39, 0.29) is 17.8 Å². The number of hydrogen-bond acceptors (Lipinski definition) is 10. The summed E-state index contributed by atoms with van der Waals surface area (Å²) in [6.45, 7) is 12.3. The van der Waals surface area contributed by atoms with Crippen LogP contribution in [0, 0.1) is 29.6 Å². The molecule has 0 aliphatic carbocycles. The van der Waals surface area contributed by atoms with Gasteiger partial charge in [-0.1, -0.05) is 31.1 Å². The number of anilines is 1. The van der Waals surface area contributed by atoms with Crippen molar-refractivity contribution in [2.75, 3.05) is 78.0 Å². The van der Waals surface area contributed by atoms with Gasteiger partial charge >= 0.3 is 6.01 Å². The smallest absolute Gasteiger partial charge is 0.318 e. The molecule has 2 aromatic carbocycles. The van der Waals surface area contributed by atoms with Crippen LogP contribution >= 0.6 is 0 Å². The number of carbonyl (C=O) groups is 1. The Morgan fingerprint density at radius 3 is 2.44 bits per heavy atom. The molecule has 3 aromatic rings. The van der Waals surface area contributed by atoms with Crippen molar-refractivity contribution in [1.82, 2.24) is 24.7 Å². The van der Waals surface area contributed by atoms with Crippen molar-refractivity contribution in [2.45, 2.75) is 58.7 Å². The third-order valence-electron chi connectivity index (χ3n) is 10.3. The van der Waals surface area contributed by atoms with E-state index in [0.717, 1.165) is 64.5 Å². The van der Waals surface area contributed by atoms with Crippen molar-refractivity contribution in [3.63, 3.8) is 0 Å². The average Bonchev–Trinajstić information content (AvgIpc) is 3.65. The van der Waals surface area contributed by atoms with Gasteiger partial charge in [-0.05, 0) is 94.0 Å². The molecule has 1 aromatic heterocycles. The highest BCUT2D eigenvalue weighted by atomic mass is 16.5. The minimum absolute atomic E-state index is 0.0585. The number of nitriles is 1. The first-order valence-electron chi connectivity index (χ1n) is 18.4. The van der Waals surface area contributed by atoms with E-state index in [0.29, 0.717) is 45.2 Å². The Kier molecular flexibility index (Phi) is 13.9. The Morgan fingerprint density at radius 1 is 1.10 bits per heavy atom. The monoisotopic (exact) mass is 707 g/mol. The second-order valence-corrected chi connectivity index (χ2v) is 14.0. The number of aromatic hydroxyl groups is 1. The van der Waals surface area contributed by atoms with Gasteiger partial charge in [0.2, 0.25) is 5.91 Å². The van der Waals surface area contributed by atoms with Gasteiger partial charge in [0, 0.05) is 68.7 Å². The van der Waals surface area contributed by atoms with Crippen LogP contribution in [0.4, 0.5) is 5.82 Å². The molecular formula is C41H53N7O4. The number of aromatic nitrogens is 2. The summed E-state index contributed by atoms with van der Waals surface area (Å²) in [4.78, 5) is 31.2. The first-order chi connectivity index (χ1) is 25.2. The summed E-state index contributed by atoms with van der Waals surface area (Å²) in [5, 5.41) is 19.6. The second kappa shape index (κ2) is 18.7. The lowest BCUT2D eigenvalue weighted by Crippen LogP contribution is -2.49. The molecule has 1 amide bonds. The molecule has 0 bridgehead atoms. The Balaban J connectivity index is 0.000000514. The maximum atomic E-state index is 12.9. The summed E-state index contributed by atoms with van der Waals surface area (Å²) in [5.41, 5.74) is 3.37. The van der Waals surface area contributed by atoms with Gasteiger partial charge in [0.05, 0.1) is 31.6 Å². The number of ether oxygens (including phenoxy) is 2. The van der Waals surface area contributed by atoms with Crippen LogP contribution in [0.3, 0.4) is 0 Å². The minimum atomic E-state index is -0.348. The number of terminal acetylenes is 1. The number of carbonyl (C=O) groups excluding carboxylic acids is 1. The molecule has 11 heteroatoms. The van der Waals surface area contributed by atoms with Crippen molar-refractivity contribution in [1.29, 1.82) is 5.26 Å². The van der Waals surface area contributed by atoms with E-state index < -0.39 is 0 Å². The first kappa shape index (κ1) is 38.5. The SMILES string of the molecule is C#Cc1cccc2cc(O)cc(C3Cc4nc(OC)nc(N5CCN(C(=O)/C=C/CN6CCC(C)CC6)CC5)c4CO3)c12.CC#N.CN1CCCC1. The van der Waals surface area contributed by atoms with Gasteiger partial charge in [0.1, 0.15) is 11.6 Å². The highest BCUT2D eigenvalue weighted by Crippen LogP contribution is 2.39. The largest absolute Gasteiger partial charge is 0.508 e. The van der Waals surface area contributed by atoms with Crippen LogP contribution in [0.5, 0.6) is 11.8 Å². The lowest BCUT2D eigenvalue weighted by atomic mass is 9.92. The maximum absolute atomic E-state index is 12.9. The molecule has 1 N–H and O–H groups in total. The van der Waals surface area contributed by atoms with Crippen LogP contribution in [0.2, 0.25) is 0 Å². The fourth-order valence-corrected chi connectivity index (χ4v) is 7.27. The van der Waals surface area contributed by atoms with Gasteiger partial charge in [-0.15, -0.1) is 6.42 Å². The van der Waals surface area contributed by atoms with Gasteiger partial charge in [-0.3, -0.25) is 9.69 Å². The van der Waals surface area contributed by atoms with Crippen molar-refractivity contribution in [2.24, 2.45) is 5.92 Å². The van der Waals surface area contributed by atoms with Crippen LogP contribution in [-0.2, 0) is 22.6 Å². The number of amides is 1. The lowest BCUT2D eigenvalue weighted by molar-refractivity contribution is -0.126. The van der Waals surface area contributed by atoms with E-state index in [2.05, 4.69) is 34.6 Å². The van der Waals surface area contributed by atoms with Crippen LogP contribution in [-0.4, -0.2) is 109 Å². The van der Waals surface area contributed by atoms with E-state index in [4.69, 9.17) is 31.1 Å². The predicted molar refractivity (Wildman–Crippen MR) is 204 cm³/mol. The Hall–Kier alpha value is -4.68. The Morgan fingerprint density at radius 2 is 1.81 bits per heavy atom. The zero-order valence-electron chi connectivity index (χ0n) is 31.2. The third kappa shape index (κ3) is 9.80. The average molecular weight is 708 g/mol. The summed E-state index contributed by atoms with van der Waals surface area (Å²) >= 11 is 0. The zero-order chi connectivity index (χ0) is 37.0. The van der Waals surface area contributed by atoms with Gasteiger partial charge in [0.25, 0.3) is 0 Å². The molecule has 1 unspecified atom stereocenters. The van der Waals surface area contributed by atoms with Crippen LogP contribution < -0.4 is 9.64 Å². The maximum Gasteiger partial charge on any atom is 0.318 e. The summed E-state index contributed by atoms with van der Waals surface area (Å²) in [7, 11) is 3.74. The van der Waals surface area contributed by atoms with Gasteiger partial charge < -0.3 is 29.3 Å². The Labute approximate surface area is 308 Å². The number of rotatable bonds is 6. The molecule has 4 aliphatic heterocycles. The van der Waals surface area contributed by atoms with E-state index in [1.807, 2.05) is 29.2 Å². The predicted octanol–water partition coefficient (Wildman–Crippen LogP) is 5.32. The molecule has 0 spiro atoms. The second-order valence-electron chi connectivity index (χ2n) is 14.0. The van der Waals surface area contributed by atoms with Crippen molar-refractivity contribution >= 4 is 22.5 Å². The number of phenols is 1. The van der Waals surface area contributed by atoms with Crippen molar-refractivity contribution in [3.05, 3.63) is 64.9 Å². The molecule has 1 atom stereocenters. The van der Waals surface area contributed by atoms with Crippen molar-refractivity contribution in [3.8, 4) is 30.2 Å². The topological polar surface area (TPSA) is 118 Å². The number of benzene rings is 2. The summed E-state index contributed by atoms with van der Waals surface area (Å²) < 4.78 is 11.9. The fraction of sp³-hybridized carbons (Fsp3) is 0.512. The third-order valence-corrected chi connectivity index (χ3v) is 10.3. The molecule has 0 radical (unpaired) electrons. The number of likely N-dealkylation sites (tertiary alicyclic amines) is 2. The van der Waals surface area contributed by atoms with Crippen LogP contribution in [0.15, 0.2) is 42.5 Å². The number of piperazine rings is 1. The summed E-state index contributed by atoms with van der Waals surface area (Å²) in [5.74, 6) is 4.58. The number of methoxy groups -OCH3 is 1. The number of phenolic OH excluding ortho intramolecular Hbond substituents is 1. The highest BCUT2D eigenvalue weighted by Gasteiger charge is 2.31. The van der Waals surface area contributed by atoms with Gasteiger partial charge in [-0.25, -0.2) is 0 Å². The molecular weight excluding hydrogens is 654 g/mol. The van der Waals surface area contributed by atoms with Gasteiger partial charge in [0.15, 0.2) is 0 Å². The normalized spacial score (nSPS) is 19.5. The first-order valence-corrected chi connectivity index (χ1v) is 18.4. The van der Waals surface area contributed by atoms with Crippen LogP contribution in [0.25, 0.3) is 10.8 Å². The van der Waals surface area contributed by atoms with E-state index in [1.165, 1.54) is 45.7 Å². The van der Waals surface area contributed by atoms with E-state index in [9.17, 15) is 9.90 Å². The highest BCUT2D eigenvalue weighted by molar-refractivity contribution is 5.92. The number of fused-ring (bicyclic) bond motifs is 2. The molecule has 3 fully saturated rings. The summed E-state index contributed by atoms with van der Waals surface area (Å²) in [6.07, 6.45) is 15.0. The molecule has 5 heterocycles.